The van der Waals surface area contributed by atoms with Crippen molar-refractivity contribution in [2.45, 2.75) is 18.0 Å². The van der Waals surface area contributed by atoms with Crippen LogP contribution in [0.2, 0.25) is 0 Å². The van der Waals surface area contributed by atoms with E-state index in [-0.39, 0.29) is 6.42 Å². The topological polar surface area (TPSA) is 78.0 Å². The Hall–Kier alpha value is -3.70. The lowest BCUT2D eigenvalue weighted by Crippen LogP contribution is -2.53. The first-order valence-electron chi connectivity index (χ1n) is 9.84. The van der Waals surface area contributed by atoms with E-state index in [4.69, 9.17) is 0 Å². The number of benzene rings is 3. The van der Waals surface area contributed by atoms with Gasteiger partial charge in [0.25, 0.3) is 0 Å². The smallest absolute Gasteiger partial charge is 0.321 e. The maximum Gasteiger partial charge on any atom is 0.321 e. The second-order valence-corrected chi connectivity index (χ2v) is 7.16. The summed E-state index contributed by atoms with van der Waals surface area (Å²) in [5, 5.41) is 13.6. The van der Waals surface area contributed by atoms with Crippen LogP contribution in [0.25, 0.3) is 0 Å². The molecule has 4 aromatic rings. The molecule has 0 aliphatic heterocycles. The lowest BCUT2D eigenvalue weighted by molar-refractivity contribution is -0.139. The van der Waals surface area contributed by atoms with Gasteiger partial charge in [-0.1, -0.05) is 91.0 Å². The largest absolute Gasteiger partial charge is 0.480 e. The lowest BCUT2D eigenvalue weighted by Gasteiger charge is -2.39. The third-order valence-corrected chi connectivity index (χ3v) is 5.29. The molecular formula is C25H23N3O2. The number of carbonyl (C=O) groups is 1. The molecule has 1 heterocycles. The van der Waals surface area contributed by atoms with Crippen LogP contribution in [-0.2, 0) is 16.8 Å². The van der Waals surface area contributed by atoms with E-state index in [2.05, 4.69) is 15.3 Å². The molecule has 5 heteroatoms. The standard InChI is InChI=1S/C25H23N3O2/c29-24(30)23(16-22-17-26-18-27-22)28-25(19-10-4-1-5-11-19,20-12-6-2-7-13-20)21-14-8-3-9-15-21/h1-15,17-18,23,28H,16H2,(H,26,27)(H,29,30)/t23-/m1/s1. The van der Waals surface area contributed by atoms with Crippen molar-refractivity contribution in [1.82, 2.24) is 15.3 Å². The molecule has 0 spiro atoms. The lowest BCUT2D eigenvalue weighted by atomic mass is 9.76. The maximum atomic E-state index is 12.3. The maximum absolute atomic E-state index is 12.3. The van der Waals surface area contributed by atoms with Crippen LogP contribution in [-0.4, -0.2) is 27.1 Å². The number of nitrogens with one attached hydrogen (secondary N) is 2. The van der Waals surface area contributed by atoms with E-state index < -0.39 is 17.6 Å². The van der Waals surface area contributed by atoms with Crippen molar-refractivity contribution < 1.29 is 9.90 Å². The van der Waals surface area contributed by atoms with Crippen molar-refractivity contribution in [3.63, 3.8) is 0 Å². The summed E-state index contributed by atoms with van der Waals surface area (Å²) in [6.45, 7) is 0. The Labute approximate surface area is 175 Å². The van der Waals surface area contributed by atoms with Crippen LogP contribution >= 0.6 is 0 Å². The molecule has 0 unspecified atom stereocenters. The molecule has 30 heavy (non-hydrogen) atoms. The van der Waals surface area contributed by atoms with Gasteiger partial charge in [-0.15, -0.1) is 0 Å². The Morgan fingerprint density at radius 2 is 1.33 bits per heavy atom. The minimum atomic E-state index is -0.920. The number of H-pyrrole nitrogens is 1. The van der Waals surface area contributed by atoms with Gasteiger partial charge < -0.3 is 10.1 Å². The van der Waals surface area contributed by atoms with Gasteiger partial charge in [-0.25, -0.2) is 4.98 Å². The van der Waals surface area contributed by atoms with Crippen molar-refractivity contribution in [3.05, 3.63) is 126 Å². The monoisotopic (exact) mass is 397 g/mol. The molecule has 0 aliphatic rings. The molecule has 0 bridgehead atoms. The van der Waals surface area contributed by atoms with Crippen LogP contribution < -0.4 is 5.32 Å². The zero-order chi connectivity index (χ0) is 20.8. The highest BCUT2D eigenvalue weighted by atomic mass is 16.4. The number of rotatable bonds is 8. The van der Waals surface area contributed by atoms with Crippen LogP contribution in [0.4, 0.5) is 0 Å². The first-order valence-corrected chi connectivity index (χ1v) is 9.84. The SMILES string of the molecule is O=C(O)[C@@H](Cc1cnc[nH]1)NC(c1ccccc1)(c1ccccc1)c1ccccc1. The van der Waals surface area contributed by atoms with E-state index in [0.717, 1.165) is 22.4 Å². The Kier molecular flexibility index (Phi) is 5.72. The molecule has 0 radical (unpaired) electrons. The minimum Gasteiger partial charge on any atom is -0.480 e. The van der Waals surface area contributed by atoms with Gasteiger partial charge in [0, 0.05) is 18.3 Å². The van der Waals surface area contributed by atoms with Crippen molar-refractivity contribution in [1.29, 1.82) is 0 Å². The van der Waals surface area contributed by atoms with E-state index in [0.29, 0.717) is 0 Å². The molecule has 150 valence electrons. The van der Waals surface area contributed by atoms with Crippen molar-refractivity contribution in [3.8, 4) is 0 Å². The fourth-order valence-corrected chi connectivity index (χ4v) is 3.89. The third-order valence-electron chi connectivity index (χ3n) is 5.29. The highest BCUT2D eigenvalue weighted by molar-refractivity contribution is 5.74. The summed E-state index contributed by atoms with van der Waals surface area (Å²) in [6, 6.07) is 29.1. The summed E-state index contributed by atoms with van der Waals surface area (Å²) >= 11 is 0. The molecule has 0 saturated heterocycles. The molecule has 1 atom stereocenters. The predicted molar refractivity (Wildman–Crippen MR) is 116 cm³/mol. The minimum absolute atomic E-state index is 0.281. The number of carboxylic acid groups (broad SMARTS) is 1. The van der Waals surface area contributed by atoms with Crippen molar-refractivity contribution >= 4 is 5.97 Å². The first kappa shape index (κ1) is 19.6. The Morgan fingerprint density at radius 1 is 0.867 bits per heavy atom. The van der Waals surface area contributed by atoms with E-state index in [1.54, 1.807) is 12.5 Å². The summed E-state index contributed by atoms with van der Waals surface area (Å²) in [4.78, 5) is 19.3. The molecular weight excluding hydrogens is 374 g/mol. The second-order valence-electron chi connectivity index (χ2n) is 7.16. The van der Waals surface area contributed by atoms with Crippen LogP contribution in [0.15, 0.2) is 104 Å². The molecule has 4 rings (SSSR count). The van der Waals surface area contributed by atoms with Gasteiger partial charge >= 0.3 is 5.97 Å². The number of imidazole rings is 1. The zero-order valence-corrected chi connectivity index (χ0v) is 16.4. The normalized spacial score (nSPS) is 12.4. The van der Waals surface area contributed by atoms with Gasteiger partial charge in [0.05, 0.1) is 11.9 Å². The summed E-state index contributed by atoms with van der Waals surface area (Å²) in [5.74, 6) is -0.920. The zero-order valence-electron chi connectivity index (χ0n) is 16.4. The summed E-state index contributed by atoms with van der Waals surface area (Å²) < 4.78 is 0. The number of nitrogens with zero attached hydrogens (tertiary/aromatic N) is 1. The molecule has 0 amide bonds. The Morgan fingerprint density at radius 3 is 1.70 bits per heavy atom. The number of aromatic nitrogens is 2. The predicted octanol–water partition coefficient (Wildman–Crippen LogP) is 3.99. The van der Waals surface area contributed by atoms with Crippen LogP contribution in [0, 0.1) is 0 Å². The molecule has 3 N–H and O–H groups in total. The van der Waals surface area contributed by atoms with Crippen molar-refractivity contribution in [2.75, 3.05) is 0 Å². The molecule has 3 aromatic carbocycles. The number of aromatic amines is 1. The number of aliphatic carboxylic acids is 1. The second kappa shape index (κ2) is 8.76. The summed E-state index contributed by atoms with van der Waals surface area (Å²) in [6.07, 6.45) is 3.50. The van der Waals surface area contributed by atoms with Gasteiger partial charge in [-0.2, -0.15) is 0 Å². The molecule has 0 aliphatic carbocycles. The molecule has 1 aromatic heterocycles. The summed E-state index contributed by atoms with van der Waals surface area (Å²) in [7, 11) is 0. The first-order chi connectivity index (χ1) is 14.7. The average Bonchev–Trinajstić information content (AvgIpc) is 3.31. The van der Waals surface area contributed by atoms with E-state index >= 15 is 0 Å². The van der Waals surface area contributed by atoms with Gasteiger partial charge in [-0.05, 0) is 16.7 Å². The number of carboxylic acids is 1. The number of hydrogen-bond acceptors (Lipinski definition) is 3. The average molecular weight is 397 g/mol. The number of hydrogen-bond donors (Lipinski definition) is 3. The van der Waals surface area contributed by atoms with E-state index in [1.807, 2.05) is 91.0 Å². The van der Waals surface area contributed by atoms with Crippen molar-refractivity contribution in [2.24, 2.45) is 0 Å². The highest BCUT2D eigenvalue weighted by Gasteiger charge is 2.39. The Balaban J connectivity index is 1.91. The molecule has 0 fully saturated rings. The fourth-order valence-electron chi connectivity index (χ4n) is 3.89. The van der Waals surface area contributed by atoms with Crippen LogP contribution in [0.3, 0.4) is 0 Å². The highest BCUT2D eigenvalue weighted by Crippen LogP contribution is 2.37. The quantitative estimate of drug-likeness (QED) is 0.393. The van der Waals surface area contributed by atoms with Gasteiger partial charge in [0.15, 0.2) is 0 Å². The third kappa shape index (κ3) is 3.88. The Bertz CT molecular complexity index is 969. The van der Waals surface area contributed by atoms with Gasteiger partial charge in [-0.3, -0.25) is 10.1 Å². The summed E-state index contributed by atoms with van der Waals surface area (Å²) in [5.41, 5.74) is 2.83. The van der Waals surface area contributed by atoms with Crippen LogP contribution in [0.5, 0.6) is 0 Å². The van der Waals surface area contributed by atoms with Crippen LogP contribution in [0.1, 0.15) is 22.4 Å². The van der Waals surface area contributed by atoms with E-state index in [1.165, 1.54) is 0 Å². The van der Waals surface area contributed by atoms with E-state index in [9.17, 15) is 9.90 Å². The van der Waals surface area contributed by atoms with Gasteiger partial charge in [0.1, 0.15) is 6.04 Å². The molecule has 0 saturated carbocycles. The molecule has 5 nitrogen and oxygen atoms in total. The van der Waals surface area contributed by atoms with Gasteiger partial charge in [0.2, 0.25) is 0 Å². The fraction of sp³-hybridized carbons (Fsp3) is 0.120.